The van der Waals surface area contributed by atoms with Crippen molar-refractivity contribution in [3.63, 3.8) is 0 Å². The zero-order valence-electron chi connectivity index (χ0n) is 20.4. The van der Waals surface area contributed by atoms with Crippen LogP contribution in [0.1, 0.15) is 37.9 Å². The number of allylic oxidation sites excluding steroid dienone is 2. The molecule has 9 nitrogen and oxygen atoms in total. The second kappa shape index (κ2) is 11.9. The molecule has 0 aliphatic carbocycles. The van der Waals surface area contributed by atoms with Crippen molar-refractivity contribution in [3.8, 4) is 17.1 Å². The van der Waals surface area contributed by atoms with Crippen LogP contribution in [0.3, 0.4) is 0 Å². The van der Waals surface area contributed by atoms with Gasteiger partial charge in [0.15, 0.2) is 11.6 Å². The number of benzene rings is 1. The van der Waals surface area contributed by atoms with Crippen LogP contribution in [0.15, 0.2) is 30.0 Å². The Morgan fingerprint density at radius 2 is 2.03 bits per heavy atom. The first kappa shape index (κ1) is 25.6. The van der Waals surface area contributed by atoms with Crippen LogP contribution in [0.25, 0.3) is 17.0 Å². The fourth-order valence-corrected chi connectivity index (χ4v) is 3.91. The molecule has 2 aromatic rings. The Labute approximate surface area is 200 Å². The first-order valence-electron chi connectivity index (χ1n) is 11.6. The van der Waals surface area contributed by atoms with Crippen molar-refractivity contribution in [2.45, 2.75) is 45.8 Å². The summed E-state index contributed by atoms with van der Waals surface area (Å²) in [7, 11) is 1.77. The number of nitrogens with two attached hydrogens (primary N) is 1. The van der Waals surface area contributed by atoms with Crippen molar-refractivity contribution >= 4 is 17.2 Å². The Hall–Kier alpha value is -3.01. The number of ether oxygens (including phenoxy) is 2. The third kappa shape index (κ3) is 6.53. The lowest BCUT2D eigenvalue weighted by Gasteiger charge is -2.25. The van der Waals surface area contributed by atoms with E-state index < -0.39 is 6.10 Å². The van der Waals surface area contributed by atoms with Gasteiger partial charge in [0.2, 0.25) is 0 Å². The smallest absolute Gasteiger partial charge is 0.163 e. The second-order valence-corrected chi connectivity index (χ2v) is 8.56. The molecule has 0 spiro atoms. The molecule has 3 rings (SSSR count). The van der Waals surface area contributed by atoms with E-state index in [1.165, 1.54) is 6.92 Å². The average Bonchev–Trinajstić information content (AvgIpc) is 2.81. The Kier molecular flexibility index (Phi) is 8.98. The SMILES string of the molecule is CNCC(O)COc1cccc(-c2nc(NC3CCOCC3)c(C)c(/C(C(C)=O)=C(/C)N)n2)c1. The Morgan fingerprint density at radius 1 is 1.29 bits per heavy atom. The van der Waals surface area contributed by atoms with Gasteiger partial charge < -0.3 is 30.9 Å². The maximum absolute atomic E-state index is 12.5. The summed E-state index contributed by atoms with van der Waals surface area (Å²) in [6, 6.07) is 7.59. The lowest BCUT2D eigenvalue weighted by atomic mass is 10.0. The van der Waals surface area contributed by atoms with Gasteiger partial charge in [-0.25, -0.2) is 9.97 Å². The van der Waals surface area contributed by atoms with E-state index in [9.17, 15) is 9.90 Å². The molecule has 2 heterocycles. The zero-order valence-corrected chi connectivity index (χ0v) is 20.4. The van der Waals surface area contributed by atoms with Gasteiger partial charge in [0, 0.05) is 42.6 Å². The molecule has 1 fully saturated rings. The van der Waals surface area contributed by atoms with Crippen LogP contribution in [-0.2, 0) is 9.53 Å². The van der Waals surface area contributed by atoms with Crippen LogP contribution in [-0.4, -0.2) is 66.4 Å². The van der Waals surface area contributed by atoms with Gasteiger partial charge in [0.25, 0.3) is 0 Å². The molecule has 0 bridgehead atoms. The summed E-state index contributed by atoms with van der Waals surface area (Å²) in [6.45, 7) is 7.07. The minimum absolute atomic E-state index is 0.152. The van der Waals surface area contributed by atoms with Gasteiger partial charge >= 0.3 is 0 Å². The van der Waals surface area contributed by atoms with Crippen molar-refractivity contribution in [3.05, 3.63) is 41.2 Å². The number of carbonyl (C=O) groups is 1. The minimum Gasteiger partial charge on any atom is -0.491 e. The Morgan fingerprint density at radius 3 is 2.68 bits per heavy atom. The zero-order chi connectivity index (χ0) is 24.7. The number of nitrogens with one attached hydrogen (secondary N) is 2. The number of ketones is 1. The molecule has 1 aliphatic rings. The van der Waals surface area contributed by atoms with E-state index in [2.05, 4.69) is 10.6 Å². The molecular weight excluding hydrogens is 434 g/mol. The van der Waals surface area contributed by atoms with Gasteiger partial charge in [0.05, 0.1) is 11.3 Å². The molecular formula is C25H35N5O4. The molecule has 184 valence electrons. The van der Waals surface area contributed by atoms with E-state index in [1.807, 2.05) is 31.2 Å². The van der Waals surface area contributed by atoms with E-state index >= 15 is 0 Å². The third-order valence-electron chi connectivity index (χ3n) is 5.67. The quantitative estimate of drug-likeness (QED) is 0.387. The summed E-state index contributed by atoms with van der Waals surface area (Å²) < 4.78 is 11.2. The minimum atomic E-state index is -0.623. The fraction of sp³-hybridized carbons (Fsp3) is 0.480. The van der Waals surface area contributed by atoms with E-state index in [-0.39, 0.29) is 18.4 Å². The number of hydrogen-bond donors (Lipinski definition) is 4. The van der Waals surface area contributed by atoms with Crippen LogP contribution >= 0.6 is 0 Å². The molecule has 0 amide bonds. The number of aliphatic hydroxyl groups is 1. The highest BCUT2D eigenvalue weighted by Crippen LogP contribution is 2.30. The normalized spacial score (nSPS) is 16.0. The first-order chi connectivity index (χ1) is 16.3. The standard InChI is InChI=1S/C25H35N5O4/c1-15-23(22(16(2)26)17(3)31)29-25(30-24(15)28-19-8-10-33-11-9-19)18-6-5-7-21(12-18)34-14-20(32)13-27-4/h5-7,12,19-20,27,32H,8-11,13-14,26H2,1-4H3,(H,28,29,30)/b22-16-. The van der Waals surface area contributed by atoms with Crippen LogP contribution in [0.5, 0.6) is 5.75 Å². The molecule has 1 atom stereocenters. The lowest BCUT2D eigenvalue weighted by Crippen LogP contribution is -2.29. The summed E-state index contributed by atoms with van der Waals surface area (Å²) in [6.07, 6.45) is 1.12. The van der Waals surface area contributed by atoms with Crippen LogP contribution < -0.4 is 21.1 Å². The number of Topliss-reactive ketones (excluding diaryl/α,β-unsaturated/α-hetero) is 1. The molecule has 0 saturated carbocycles. The average molecular weight is 470 g/mol. The maximum Gasteiger partial charge on any atom is 0.163 e. The van der Waals surface area contributed by atoms with Gasteiger partial charge in [0.1, 0.15) is 24.3 Å². The number of nitrogens with zero attached hydrogens (tertiary/aromatic N) is 2. The van der Waals surface area contributed by atoms with Crippen molar-refractivity contribution in [1.82, 2.24) is 15.3 Å². The topological polar surface area (TPSA) is 132 Å². The molecule has 1 aromatic carbocycles. The number of aliphatic hydroxyl groups excluding tert-OH is 1. The molecule has 1 aliphatic heterocycles. The van der Waals surface area contributed by atoms with Crippen LogP contribution in [0.2, 0.25) is 0 Å². The van der Waals surface area contributed by atoms with E-state index in [1.54, 1.807) is 14.0 Å². The van der Waals surface area contributed by atoms with E-state index in [0.29, 0.717) is 54.1 Å². The van der Waals surface area contributed by atoms with Gasteiger partial charge in [-0.15, -0.1) is 0 Å². The molecule has 1 aromatic heterocycles. The first-order valence-corrected chi connectivity index (χ1v) is 11.6. The Balaban J connectivity index is 2.02. The second-order valence-electron chi connectivity index (χ2n) is 8.56. The number of anilines is 1. The van der Waals surface area contributed by atoms with Crippen molar-refractivity contribution in [1.29, 1.82) is 0 Å². The highest BCUT2D eigenvalue weighted by atomic mass is 16.5. The molecule has 5 N–H and O–H groups in total. The van der Waals surface area contributed by atoms with E-state index in [0.717, 1.165) is 24.0 Å². The fourth-order valence-electron chi connectivity index (χ4n) is 3.91. The number of hydrogen-bond acceptors (Lipinski definition) is 9. The largest absolute Gasteiger partial charge is 0.491 e. The molecule has 1 saturated heterocycles. The van der Waals surface area contributed by atoms with Crippen molar-refractivity contribution in [2.24, 2.45) is 5.73 Å². The lowest BCUT2D eigenvalue weighted by molar-refractivity contribution is -0.111. The highest BCUT2D eigenvalue weighted by molar-refractivity contribution is 6.20. The highest BCUT2D eigenvalue weighted by Gasteiger charge is 2.22. The monoisotopic (exact) mass is 469 g/mol. The molecule has 0 radical (unpaired) electrons. The number of aromatic nitrogens is 2. The summed E-state index contributed by atoms with van der Waals surface area (Å²) in [5, 5.41) is 16.4. The predicted molar refractivity (Wildman–Crippen MR) is 133 cm³/mol. The summed E-state index contributed by atoms with van der Waals surface area (Å²) >= 11 is 0. The van der Waals surface area contributed by atoms with Gasteiger partial charge in [-0.3, -0.25) is 4.79 Å². The molecule has 1 unspecified atom stereocenters. The number of rotatable bonds is 10. The van der Waals surface area contributed by atoms with Gasteiger partial charge in [-0.2, -0.15) is 0 Å². The van der Waals surface area contributed by atoms with E-state index in [4.69, 9.17) is 25.2 Å². The molecule has 34 heavy (non-hydrogen) atoms. The Bertz CT molecular complexity index is 1030. The maximum atomic E-state index is 12.5. The van der Waals surface area contributed by atoms with Crippen molar-refractivity contribution < 1.29 is 19.4 Å². The predicted octanol–water partition coefficient (Wildman–Crippen LogP) is 2.28. The van der Waals surface area contributed by atoms with Crippen molar-refractivity contribution in [2.75, 3.05) is 38.7 Å². The van der Waals surface area contributed by atoms with Gasteiger partial charge in [-0.05, 0) is 52.8 Å². The molecule has 9 heteroatoms. The third-order valence-corrected chi connectivity index (χ3v) is 5.67. The summed E-state index contributed by atoms with van der Waals surface area (Å²) in [5.41, 5.74) is 8.91. The van der Waals surface area contributed by atoms with Crippen LogP contribution in [0.4, 0.5) is 5.82 Å². The number of carbonyl (C=O) groups excluding carboxylic acids is 1. The summed E-state index contributed by atoms with van der Waals surface area (Å²) in [5.74, 6) is 1.56. The van der Waals surface area contributed by atoms with Crippen LogP contribution in [0, 0.1) is 6.92 Å². The summed E-state index contributed by atoms with van der Waals surface area (Å²) in [4.78, 5) is 22.0. The van der Waals surface area contributed by atoms with Gasteiger partial charge in [-0.1, -0.05) is 12.1 Å². The number of likely N-dealkylation sites (N-methyl/N-ethyl adjacent to an activating group) is 1.